The normalized spacial score (nSPS) is 13.1. The summed E-state index contributed by atoms with van der Waals surface area (Å²) in [5, 5.41) is 3.16. The van der Waals surface area contributed by atoms with Gasteiger partial charge in [0.05, 0.1) is 24.4 Å². The van der Waals surface area contributed by atoms with Crippen molar-refractivity contribution >= 4 is 34.9 Å². The van der Waals surface area contributed by atoms with Gasteiger partial charge in [-0.25, -0.2) is 4.79 Å². The van der Waals surface area contributed by atoms with Crippen LogP contribution in [0.4, 0.5) is 11.4 Å². The maximum absolute atomic E-state index is 12.3. The number of anilines is 2. The molecule has 0 atom stereocenters. The first kappa shape index (κ1) is 16.1. The first-order valence-electron chi connectivity index (χ1n) is 7.25. The molecule has 0 unspecified atom stereocenters. The molecular weight excluding hydrogens is 332 g/mol. The Morgan fingerprint density at radius 1 is 1.33 bits per heavy atom. The van der Waals surface area contributed by atoms with Crippen LogP contribution in [0.15, 0.2) is 42.5 Å². The van der Waals surface area contributed by atoms with Crippen LogP contribution in [0.3, 0.4) is 0 Å². The summed E-state index contributed by atoms with van der Waals surface area (Å²) in [5.41, 5.74) is 1.26. The highest BCUT2D eigenvalue weighted by atomic mass is 35.5. The third kappa shape index (κ3) is 3.44. The fourth-order valence-corrected chi connectivity index (χ4v) is 2.72. The molecule has 7 heteroatoms. The number of para-hydroxylation sites is 2. The van der Waals surface area contributed by atoms with Crippen molar-refractivity contribution in [1.82, 2.24) is 0 Å². The minimum atomic E-state index is -0.394. The third-order valence-corrected chi connectivity index (χ3v) is 3.82. The SMILES string of the molecule is COc1ccc(NC(=O)CN2CC(=O)Oc3ccccc32)cc1Cl. The molecule has 0 aliphatic carbocycles. The molecule has 6 nitrogen and oxygen atoms in total. The van der Waals surface area contributed by atoms with E-state index in [0.717, 1.165) is 0 Å². The summed E-state index contributed by atoms with van der Waals surface area (Å²) >= 11 is 6.04. The third-order valence-electron chi connectivity index (χ3n) is 3.52. The summed E-state index contributed by atoms with van der Waals surface area (Å²) in [6.45, 7) is 0.0452. The highest BCUT2D eigenvalue weighted by Gasteiger charge is 2.25. The lowest BCUT2D eigenvalue weighted by Gasteiger charge is -2.29. The predicted octanol–water partition coefficient (Wildman–Crippen LogP) is 2.71. The zero-order valence-corrected chi connectivity index (χ0v) is 13.7. The molecule has 0 saturated heterocycles. The number of amides is 1. The van der Waals surface area contributed by atoms with Crippen LogP contribution in [-0.4, -0.2) is 32.1 Å². The molecular formula is C17H15ClN2O4. The number of rotatable bonds is 4. The van der Waals surface area contributed by atoms with Crippen molar-refractivity contribution in [3.63, 3.8) is 0 Å². The average Bonchev–Trinajstić information content (AvgIpc) is 2.54. The Hall–Kier alpha value is -2.73. The number of nitrogens with zero attached hydrogens (tertiary/aromatic N) is 1. The number of carbonyl (C=O) groups is 2. The van der Waals surface area contributed by atoms with Crippen molar-refractivity contribution in [3.8, 4) is 11.5 Å². The molecule has 0 fully saturated rings. The zero-order valence-electron chi connectivity index (χ0n) is 12.9. The molecule has 24 heavy (non-hydrogen) atoms. The molecule has 1 aliphatic heterocycles. The van der Waals surface area contributed by atoms with E-state index >= 15 is 0 Å². The van der Waals surface area contributed by atoms with E-state index in [9.17, 15) is 9.59 Å². The molecule has 0 bridgehead atoms. The second-order valence-electron chi connectivity index (χ2n) is 5.20. The van der Waals surface area contributed by atoms with Crippen LogP contribution in [0, 0.1) is 0 Å². The Morgan fingerprint density at radius 2 is 2.12 bits per heavy atom. The second kappa shape index (κ2) is 6.80. The van der Waals surface area contributed by atoms with Gasteiger partial charge in [0.2, 0.25) is 5.91 Å². The first-order chi connectivity index (χ1) is 11.6. The topological polar surface area (TPSA) is 67.9 Å². The number of fused-ring (bicyclic) bond motifs is 1. The van der Waals surface area contributed by atoms with E-state index in [2.05, 4.69) is 5.32 Å². The number of carbonyl (C=O) groups excluding carboxylic acids is 2. The molecule has 1 N–H and O–H groups in total. The average molecular weight is 347 g/mol. The van der Waals surface area contributed by atoms with Gasteiger partial charge in [-0.3, -0.25) is 4.79 Å². The summed E-state index contributed by atoms with van der Waals surface area (Å²) in [5.74, 6) is 0.325. The Kier molecular flexibility index (Phi) is 4.57. The molecule has 0 saturated carbocycles. The zero-order chi connectivity index (χ0) is 17.1. The largest absolute Gasteiger partial charge is 0.495 e. The van der Waals surface area contributed by atoms with Gasteiger partial charge in [-0.15, -0.1) is 0 Å². The fraction of sp³-hybridized carbons (Fsp3) is 0.176. The Morgan fingerprint density at radius 3 is 2.88 bits per heavy atom. The molecule has 1 aliphatic rings. The van der Waals surface area contributed by atoms with E-state index in [4.69, 9.17) is 21.1 Å². The maximum Gasteiger partial charge on any atom is 0.331 e. The highest BCUT2D eigenvalue weighted by molar-refractivity contribution is 6.32. The summed E-state index contributed by atoms with van der Waals surface area (Å²) in [6.07, 6.45) is 0. The lowest BCUT2D eigenvalue weighted by atomic mass is 10.2. The minimum absolute atomic E-state index is 0.0216. The van der Waals surface area contributed by atoms with Crippen LogP contribution in [0.25, 0.3) is 0 Å². The molecule has 1 heterocycles. The quantitative estimate of drug-likeness (QED) is 0.681. The van der Waals surface area contributed by atoms with Crippen molar-refractivity contribution < 1.29 is 19.1 Å². The highest BCUT2D eigenvalue weighted by Crippen LogP contribution is 2.31. The molecule has 3 rings (SSSR count). The van der Waals surface area contributed by atoms with Crippen LogP contribution in [-0.2, 0) is 9.59 Å². The standard InChI is InChI=1S/C17H15ClN2O4/c1-23-14-7-6-11(8-12(14)18)19-16(21)9-20-10-17(22)24-15-5-3-2-4-13(15)20/h2-8H,9-10H2,1H3,(H,19,21). The fourth-order valence-electron chi connectivity index (χ4n) is 2.46. The summed E-state index contributed by atoms with van der Waals surface area (Å²) in [4.78, 5) is 25.6. The van der Waals surface area contributed by atoms with E-state index in [-0.39, 0.29) is 19.0 Å². The Balaban J connectivity index is 1.71. The van der Waals surface area contributed by atoms with Crippen LogP contribution in [0.1, 0.15) is 0 Å². The van der Waals surface area contributed by atoms with Crippen molar-refractivity contribution in [1.29, 1.82) is 0 Å². The lowest BCUT2D eigenvalue weighted by Crippen LogP contribution is -2.41. The minimum Gasteiger partial charge on any atom is -0.495 e. The number of ether oxygens (including phenoxy) is 2. The summed E-state index contributed by atoms with van der Waals surface area (Å²) < 4.78 is 10.2. The lowest BCUT2D eigenvalue weighted by molar-refractivity contribution is -0.133. The molecule has 124 valence electrons. The van der Waals surface area contributed by atoms with Crippen LogP contribution in [0.5, 0.6) is 11.5 Å². The van der Waals surface area contributed by atoms with Crippen LogP contribution >= 0.6 is 11.6 Å². The van der Waals surface area contributed by atoms with E-state index < -0.39 is 5.97 Å². The smallest absolute Gasteiger partial charge is 0.331 e. The van der Waals surface area contributed by atoms with E-state index in [1.807, 2.05) is 6.07 Å². The Bertz CT molecular complexity index is 794. The number of esters is 1. The van der Waals surface area contributed by atoms with Gasteiger partial charge in [0.15, 0.2) is 5.75 Å². The predicted molar refractivity (Wildman–Crippen MR) is 90.9 cm³/mol. The number of hydrogen-bond donors (Lipinski definition) is 1. The monoisotopic (exact) mass is 346 g/mol. The van der Waals surface area contributed by atoms with Crippen molar-refractivity contribution in [2.45, 2.75) is 0 Å². The number of hydrogen-bond acceptors (Lipinski definition) is 5. The van der Waals surface area contributed by atoms with E-state index in [0.29, 0.717) is 27.9 Å². The van der Waals surface area contributed by atoms with Crippen molar-refractivity contribution in [2.24, 2.45) is 0 Å². The molecule has 2 aromatic rings. The molecule has 2 aromatic carbocycles. The molecule has 1 amide bonds. The van der Waals surface area contributed by atoms with Crippen molar-refractivity contribution in [3.05, 3.63) is 47.5 Å². The van der Waals surface area contributed by atoms with Gasteiger partial charge in [0.25, 0.3) is 0 Å². The van der Waals surface area contributed by atoms with E-state index in [1.165, 1.54) is 7.11 Å². The molecule has 0 radical (unpaired) electrons. The van der Waals surface area contributed by atoms with E-state index in [1.54, 1.807) is 41.3 Å². The first-order valence-corrected chi connectivity index (χ1v) is 7.62. The van der Waals surface area contributed by atoms with Gasteiger partial charge in [-0.05, 0) is 30.3 Å². The number of halogens is 1. The second-order valence-corrected chi connectivity index (χ2v) is 5.60. The maximum atomic E-state index is 12.3. The van der Waals surface area contributed by atoms with Gasteiger partial charge in [-0.1, -0.05) is 23.7 Å². The number of nitrogens with one attached hydrogen (secondary N) is 1. The van der Waals surface area contributed by atoms with Gasteiger partial charge in [0, 0.05) is 5.69 Å². The van der Waals surface area contributed by atoms with Gasteiger partial charge >= 0.3 is 5.97 Å². The summed E-state index contributed by atoms with van der Waals surface area (Å²) in [6, 6.07) is 12.1. The number of benzene rings is 2. The summed E-state index contributed by atoms with van der Waals surface area (Å²) in [7, 11) is 1.52. The van der Waals surface area contributed by atoms with Gasteiger partial charge in [0.1, 0.15) is 12.3 Å². The Labute approximate surface area is 143 Å². The number of methoxy groups -OCH3 is 1. The molecule has 0 spiro atoms. The molecule has 0 aromatic heterocycles. The van der Waals surface area contributed by atoms with Crippen LogP contribution < -0.4 is 19.7 Å². The van der Waals surface area contributed by atoms with Crippen LogP contribution in [0.2, 0.25) is 5.02 Å². The van der Waals surface area contributed by atoms with Gasteiger partial charge < -0.3 is 19.7 Å². The van der Waals surface area contributed by atoms with Gasteiger partial charge in [-0.2, -0.15) is 0 Å². The van der Waals surface area contributed by atoms with Crippen molar-refractivity contribution in [2.75, 3.05) is 30.4 Å².